The van der Waals surface area contributed by atoms with Crippen molar-refractivity contribution in [1.29, 1.82) is 0 Å². The first-order chi connectivity index (χ1) is 11.3. The summed E-state index contributed by atoms with van der Waals surface area (Å²) in [7, 11) is 0. The summed E-state index contributed by atoms with van der Waals surface area (Å²) < 4.78 is 0. The van der Waals surface area contributed by atoms with E-state index < -0.39 is 0 Å². The fourth-order valence-corrected chi connectivity index (χ4v) is 2.99. The van der Waals surface area contributed by atoms with Crippen molar-refractivity contribution in [3.63, 3.8) is 0 Å². The van der Waals surface area contributed by atoms with Crippen LogP contribution in [0, 0.1) is 12.8 Å². The number of amides is 2. The summed E-state index contributed by atoms with van der Waals surface area (Å²) in [6, 6.07) is 5.55. The number of nitrogens with one attached hydrogen (secondary N) is 1. The van der Waals surface area contributed by atoms with Crippen LogP contribution in [0.4, 0.5) is 5.69 Å². The Labute approximate surface area is 144 Å². The third kappa shape index (κ3) is 4.15. The second-order valence-electron chi connectivity index (χ2n) is 7.01. The van der Waals surface area contributed by atoms with E-state index in [-0.39, 0.29) is 29.8 Å². The Bertz CT molecular complexity index is 613. The number of piperidine rings is 1. The standard InChI is InChI=1S/C19H29N3O2/c1-12-11-16(19(24)22-10-6-5-7-13(22)2)8-9-17(12)21-18(23)14(3)15(4)20/h8-9,11,13-15H,5-7,10,20H2,1-4H3,(H,21,23). The number of nitrogens with two attached hydrogens (primary N) is 1. The smallest absolute Gasteiger partial charge is 0.254 e. The van der Waals surface area contributed by atoms with Crippen LogP contribution in [0.15, 0.2) is 18.2 Å². The topological polar surface area (TPSA) is 75.4 Å². The monoisotopic (exact) mass is 331 g/mol. The molecule has 1 fully saturated rings. The minimum atomic E-state index is -0.264. The summed E-state index contributed by atoms with van der Waals surface area (Å²) in [5.41, 5.74) is 8.07. The molecule has 1 aromatic carbocycles. The van der Waals surface area contributed by atoms with Crippen LogP contribution in [0.3, 0.4) is 0 Å². The van der Waals surface area contributed by atoms with Gasteiger partial charge in [-0.3, -0.25) is 9.59 Å². The third-order valence-corrected chi connectivity index (χ3v) is 5.00. The number of likely N-dealkylation sites (tertiary alicyclic amines) is 1. The van der Waals surface area contributed by atoms with Gasteiger partial charge in [0, 0.05) is 29.9 Å². The molecule has 3 unspecified atom stereocenters. The highest BCUT2D eigenvalue weighted by Crippen LogP contribution is 2.22. The van der Waals surface area contributed by atoms with E-state index in [0.29, 0.717) is 5.56 Å². The summed E-state index contributed by atoms with van der Waals surface area (Å²) in [5.74, 6) is -0.288. The molecule has 1 saturated heterocycles. The van der Waals surface area contributed by atoms with Crippen LogP contribution in [-0.4, -0.2) is 35.3 Å². The molecule has 2 rings (SSSR count). The van der Waals surface area contributed by atoms with Crippen molar-refractivity contribution in [3.8, 4) is 0 Å². The second kappa shape index (κ2) is 7.79. The second-order valence-corrected chi connectivity index (χ2v) is 7.01. The van der Waals surface area contributed by atoms with Crippen molar-refractivity contribution in [2.45, 2.75) is 59.0 Å². The minimum absolute atomic E-state index is 0.0760. The Kier molecular flexibility index (Phi) is 5.99. The molecule has 0 radical (unpaired) electrons. The molecule has 2 amide bonds. The maximum atomic E-state index is 12.7. The molecular formula is C19H29N3O2. The molecule has 3 N–H and O–H groups in total. The van der Waals surface area contributed by atoms with Crippen molar-refractivity contribution in [1.82, 2.24) is 4.90 Å². The molecule has 24 heavy (non-hydrogen) atoms. The van der Waals surface area contributed by atoms with Crippen molar-refractivity contribution < 1.29 is 9.59 Å². The Balaban J connectivity index is 2.11. The molecule has 1 aliphatic heterocycles. The number of carbonyl (C=O) groups excluding carboxylic acids is 2. The van der Waals surface area contributed by atoms with Gasteiger partial charge in [-0.25, -0.2) is 0 Å². The number of anilines is 1. The van der Waals surface area contributed by atoms with Gasteiger partial charge < -0.3 is 16.0 Å². The van der Waals surface area contributed by atoms with Crippen LogP contribution in [0.25, 0.3) is 0 Å². The molecule has 1 aliphatic rings. The zero-order valence-electron chi connectivity index (χ0n) is 15.1. The zero-order valence-corrected chi connectivity index (χ0v) is 15.1. The predicted octanol–water partition coefficient (Wildman–Crippen LogP) is 2.93. The van der Waals surface area contributed by atoms with E-state index in [1.807, 2.05) is 37.8 Å². The van der Waals surface area contributed by atoms with Gasteiger partial charge in [0.2, 0.25) is 5.91 Å². The first-order valence-corrected chi connectivity index (χ1v) is 8.79. The van der Waals surface area contributed by atoms with Crippen LogP contribution < -0.4 is 11.1 Å². The molecular weight excluding hydrogens is 302 g/mol. The summed E-state index contributed by atoms with van der Waals surface area (Å²) in [4.78, 5) is 26.8. The summed E-state index contributed by atoms with van der Waals surface area (Å²) in [6.07, 6.45) is 3.32. The number of aryl methyl sites for hydroxylation is 1. The molecule has 1 heterocycles. The number of hydrogen-bond donors (Lipinski definition) is 2. The van der Waals surface area contributed by atoms with Gasteiger partial charge in [0.05, 0.1) is 5.92 Å². The molecule has 3 atom stereocenters. The molecule has 5 nitrogen and oxygen atoms in total. The summed E-state index contributed by atoms with van der Waals surface area (Å²) in [5, 5.41) is 2.90. The van der Waals surface area contributed by atoms with Gasteiger partial charge in [-0.05, 0) is 63.8 Å². The zero-order chi connectivity index (χ0) is 17.9. The normalized spacial score (nSPS) is 20.4. The van der Waals surface area contributed by atoms with E-state index in [4.69, 9.17) is 5.73 Å². The molecule has 0 spiro atoms. The fraction of sp³-hybridized carbons (Fsp3) is 0.579. The lowest BCUT2D eigenvalue weighted by atomic mass is 10.0. The Morgan fingerprint density at radius 1 is 1.29 bits per heavy atom. The lowest BCUT2D eigenvalue weighted by Crippen LogP contribution is -2.42. The minimum Gasteiger partial charge on any atom is -0.336 e. The van der Waals surface area contributed by atoms with Crippen molar-refractivity contribution in [2.75, 3.05) is 11.9 Å². The fourth-order valence-electron chi connectivity index (χ4n) is 2.99. The van der Waals surface area contributed by atoms with Gasteiger partial charge in [0.15, 0.2) is 0 Å². The molecule has 132 valence electrons. The number of nitrogens with zero attached hydrogens (tertiary/aromatic N) is 1. The van der Waals surface area contributed by atoms with Gasteiger partial charge in [-0.1, -0.05) is 6.92 Å². The van der Waals surface area contributed by atoms with Crippen molar-refractivity contribution in [2.24, 2.45) is 11.7 Å². The van der Waals surface area contributed by atoms with Crippen molar-refractivity contribution >= 4 is 17.5 Å². The Morgan fingerprint density at radius 3 is 2.58 bits per heavy atom. The maximum Gasteiger partial charge on any atom is 0.254 e. The first kappa shape index (κ1) is 18.5. The molecule has 5 heteroatoms. The van der Waals surface area contributed by atoms with Gasteiger partial charge >= 0.3 is 0 Å². The van der Waals surface area contributed by atoms with E-state index in [9.17, 15) is 9.59 Å². The van der Waals surface area contributed by atoms with E-state index >= 15 is 0 Å². The van der Waals surface area contributed by atoms with E-state index in [2.05, 4.69) is 12.2 Å². The van der Waals surface area contributed by atoms with Gasteiger partial charge in [-0.2, -0.15) is 0 Å². The van der Waals surface area contributed by atoms with Crippen LogP contribution in [0.2, 0.25) is 0 Å². The lowest BCUT2D eigenvalue weighted by Gasteiger charge is -2.33. The third-order valence-electron chi connectivity index (χ3n) is 5.00. The SMILES string of the molecule is Cc1cc(C(=O)N2CCCCC2C)ccc1NC(=O)C(C)C(C)N. The largest absolute Gasteiger partial charge is 0.336 e. The van der Waals surface area contributed by atoms with Crippen LogP contribution in [-0.2, 0) is 4.79 Å². The average molecular weight is 331 g/mol. The summed E-state index contributed by atoms with van der Waals surface area (Å²) >= 11 is 0. The number of benzene rings is 1. The highest BCUT2D eigenvalue weighted by atomic mass is 16.2. The molecule has 0 saturated carbocycles. The van der Waals surface area contributed by atoms with Crippen LogP contribution >= 0.6 is 0 Å². The van der Waals surface area contributed by atoms with E-state index in [1.165, 1.54) is 6.42 Å². The number of carbonyl (C=O) groups is 2. The predicted molar refractivity (Wildman–Crippen MR) is 97.0 cm³/mol. The van der Waals surface area contributed by atoms with Gasteiger partial charge in [0.1, 0.15) is 0 Å². The van der Waals surface area contributed by atoms with Gasteiger partial charge in [0.25, 0.3) is 5.91 Å². The molecule has 0 bridgehead atoms. The Morgan fingerprint density at radius 2 is 2.00 bits per heavy atom. The summed E-state index contributed by atoms with van der Waals surface area (Å²) in [6.45, 7) is 8.46. The number of hydrogen-bond acceptors (Lipinski definition) is 3. The maximum absolute atomic E-state index is 12.7. The highest BCUT2D eigenvalue weighted by molar-refractivity contribution is 5.97. The van der Waals surface area contributed by atoms with Crippen molar-refractivity contribution in [3.05, 3.63) is 29.3 Å². The van der Waals surface area contributed by atoms with Crippen LogP contribution in [0.5, 0.6) is 0 Å². The molecule has 1 aromatic rings. The van der Waals surface area contributed by atoms with Crippen LogP contribution in [0.1, 0.15) is 56.0 Å². The Hall–Kier alpha value is -1.88. The highest BCUT2D eigenvalue weighted by Gasteiger charge is 2.24. The molecule has 0 aromatic heterocycles. The quantitative estimate of drug-likeness (QED) is 0.890. The first-order valence-electron chi connectivity index (χ1n) is 8.79. The van der Waals surface area contributed by atoms with E-state index in [1.54, 1.807) is 6.07 Å². The number of rotatable bonds is 4. The average Bonchev–Trinajstić information content (AvgIpc) is 2.55. The van der Waals surface area contributed by atoms with Gasteiger partial charge in [-0.15, -0.1) is 0 Å². The van der Waals surface area contributed by atoms with E-state index in [0.717, 1.165) is 30.6 Å². The molecule has 0 aliphatic carbocycles. The lowest BCUT2D eigenvalue weighted by molar-refractivity contribution is -0.119.